The van der Waals surface area contributed by atoms with E-state index in [4.69, 9.17) is 16.3 Å². The van der Waals surface area contributed by atoms with Crippen LogP contribution in [0.25, 0.3) is 0 Å². The van der Waals surface area contributed by atoms with Crippen molar-refractivity contribution in [3.63, 3.8) is 0 Å². The first kappa shape index (κ1) is 16.3. The monoisotopic (exact) mass is 382 g/mol. The molecule has 22 heavy (non-hydrogen) atoms. The van der Waals surface area contributed by atoms with Crippen molar-refractivity contribution in [3.05, 3.63) is 57.0 Å². The summed E-state index contributed by atoms with van der Waals surface area (Å²) in [6, 6.07) is 9.96. The smallest absolute Gasteiger partial charge is 0.272 e. The Balaban J connectivity index is 2.15. The van der Waals surface area contributed by atoms with Crippen molar-refractivity contribution in [2.24, 2.45) is 5.10 Å². The minimum absolute atomic E-state index is 0.106. The molecular weight excluding hydrogens is 372 g/mol. The summed E-state index contributed by atoms with van der Waals surface area (Å²) in [6.07, 6.45) is 1.29. The Morgan fingerprint density at radius 3 is 2.82 bits per heavy atom. The van der Waals surface area contributed by atoms with Gasteiger partial charge >= 0.3 is 0 Å². The average Bonchev–Trinajstić information content (AvgIpc) is 2.50. The number of phenolic OH excluding ortho intramolecular Hbond substituents is 1. The lowest BCUT2D eigenvalue weighted by atomic mass is 10.2. The van der Waals surface area contributed by atoms with Crippen molar-refractivity contribution in [1.82, 2.24) is 5.43 Å². The molecule has 0 heterocycles. The lowest BCUT2D eigenvalue weighted by Crippen LogP contribution is -2.18. The molecule has 0 atom stereocenters. The lowest BCUT2D eigenvalue weighted by molar-refractivity contribution is 0.0954. The van der Waals surface area contributed by atoms with E-state index in [1.807, 2.05) is 0 Å². The maximum Gasteiger partial charge on any atom is 0.272 e. The van der Waals surface area contributed by atoms with Crippen LogP contribution in [0, 0.1) is 0 Å². The third-order valence-electron chi connectivity index (χ3n) is 2.78. The molecule has 2 rings (SSSR count). The highest BCUT2D eigenvalue weighted by molar-refractivity contribution is 9.10. The second kappa shape index (κ2) is 7.29. The summed E-state index contributed by atoms with van der Waals surface area (Å²) in [4.78, 5) is 12.0. The molecule has 0 aromatic heterocycles. The highest BCUT2D eigenvalue weighted by Gasteiger charge is 2.10. The zero-order valence-electron chi connectivity index (χ0n) is 11.5. The van der Waals surface area contributed by atoms with Crippen LogP contribution >= 0.6 is 27.5 Å². The summed E-state index contributed by atoms with van der Waals surface area (Å²) < 4.78 is 5.65. The van der Waals surface area contributed by atoms with Crippen molar-refractivity contribution < 1.29 is 14.6 Å². The van der Waals surface area contributed by atoms with E-state index in [2.05, 4.69) is 26.5 Å². The Kier molecular flexibility index (Phi) is 5.41. The van der Waals surface area contributed by atoms with E-state index in [1.54, 1.807) is 24.3 Å². The largest absolute Gasteiger partial charge is 0.504 e. The van der Waals surface area contributed by atoms with Gasteiger partial charge in [-0.15, -0.1) is 0 Å². The fraction of sp³-hybridized carbons (Fsp3) is 0.0667. The van der Waals surface area contributed by atoms with Crippen molar-refractivity contribution >= 4 is 39.7 Å². The summed E-state index contributed by atoms with van der Waals surface area (Å²) in [6.45, 7) is 0. The molecule has 7 heteroatoms. The summed E-state index contributed by atoms with van der Waals surface area (Å²) in [5, 5.41) is 14.1. The minimum atomic E-state index is -0.378. The molecule has 0 fully saturated rings. The number of amides is 1. The van der Waals surface area contributed by atoms with Crippen LogP contribution in [0.15, 0.2) is 46.0 Å². The third-order valence-corrected chi connectivity index (χ3v) is 3.69. The molecule has 5 nitrogen and oxygen atoms in total. The van der Waals surface area contributed by atoms with Crippen molar-refractivity contribution in [3.8, 4) is 11.5 Å². The predicted octanol–water partition coefficient (Wildman–Crippen LogP) is 3.58. The maximum atomic E-state index is 12.0. The number of nitrogens with one attached hydrogen (secondary N) is 1. The Morgan fingerprint density at radius 1 is 1.41 bits per heavy atom. The van der Waals surface area contributed by atoms with Gasteiger partial charge < -0.3 is 9.84 Å². The predicted molar refractivity (Wildman–Crippen MR) is 88.9 cm³/mol. The van der Waals surface area contributed by atoms with Crippen LogP contribution in [-0.4, -0.2) is 24.3 Å². The zero-order chi connectivity index (χ0) is 16.1. The van der Waals surface area contributed by atoms with Crippen LogP contribution in [0.3, 0.4) is 0 Å². The van der Waals surface area contributed by atoms with E-state index in [1.165, 1.54) is 25.5 Å². The number of nitrogens with zero attached hydrogens (tertiary/aromatic N) is 1. The highest BCUT2D eigenvalue weighted by atomic mass is 79.9. The van der Waals surface area contributed by atoms with Crippen LogP contribution in [0.1, 0.15) is 15.9 Å². The molecule has 0 saturated carbocycles. The van der Waals surface area contributed by atoms with Gasteiger partial charge in [-0.05, 0) is 34.1 Å². The first-order valence-electron chi connectivity index (χ1n) is 6.17. The van der Waals surface area contributed by atoms with E-state index in [9.17, 15) is 9.90 Å². The summed E-state index contributed by atoms with van der Waals surface area (Å²) in [7, 11) is 1.42. The Morgan fingerprint density at radius 2 is 2.14 bits per heavy atom. The Hall–Kier alpha value is -2.05. The summed E-state index contributed by atoms with van der Waals surface area (Å²) in [5.74, 6) is -0.255. The first-order valence-corrected chi connectivity index (χ1v) is 7.34. The molecule has 0 aliphatic heterocycles. The van der Waals surface area contributed by atoms with Gasteiger partial charge in [0.2, 0.25) is 0 Å². The number of aromatic hydroxyl groups is 1. The van der Waals surface area contributed by atoms with Gasteiger partial charge in [0.05, 0.1) is 18.9 Å². The number of ether oxygens (including phenoxy) is 1. The fourth-order valence-electron chi connectivity index (χ4n) is 1.71. The Labute approximate surface area is 140 Å². The molecule has 0 radical (unpaired) electrons. The molecule has 2 aromatic carbocycles. The third kappa shape index (κ3) is 3.78. The second-order valence-corrected chi connectivity index (χ2v) is 5.52. The molecule has 0 unspecified atom stereocenters. The second-order valence-electron chi connectivity index (χ2n) is 4.22. The van der Waals surface area contributed by atoms with Crippen LogP contribution in [0.4, 0.5) is 0 Å². The molecule has 1 amide bonds. The number of phenols is 1. The topological polar surface area (TPSA) is 70.9 Å². The van der Waals surface area contributed by atoms with Gasteiger partial charge in [0.1, 0.15) is 0 Å². The van der Waals surface area contributed by atoms with E-state index in [0.717, 1.165) is 0 Å². The minimum Gasteiger partial charge on any atom is -0.504 e. The summed E-state index contributed by atoms with van der Waals surface area (Å²) >= 11 is 9.20. The molecule has 0 aliphatic rings. The van der Waals surface area contributed by atoms with Crippen molar-refractivity contribution in [2.45, 2.75) is 0 Å². The number of hydrogen-bond donors (Lipinski definition) is 2. The normalized spacial score (nSPS) is 10.7. The van der Waals surface area contributed by atoms with Crippen LogP contribution in [0.5, 0.6) is 11.5 Å². The fourth-order valence-corrected chi connectivity index (χ4v) is 2.40. The van der Waals surface area contributed by atoms with Gasteiger partial charge in [-0.25, -0.2) is 5.43 Å². The van der Waals surface area contributed by atoms with E-state index in [-0.39, 0.29) is 17.4 Å². The first-order chi connectivity index (χ1) is 10.5. The van der Waals surface area contributed by atoms with E-state index < -0.39 is 0 Å². The number of rotatable bonds is 4. The lowest BCUT2D eigenvalue weighted by Gasteiger charge is -2.06. The van der Waals surface area contributed by atoms with Gasteiger partial charge in [0.25, 0.3) is 5.91 Å². The number of benzene rings is 2. The van der Waals surface area contributed by atoms with Crippen LogP contribution in [0.2, 0.25) is 5.02 Å². The number of carbonyl (C=O) groups excluding carboxylic acids is 1. The Bertz CT molecular complexity index is 735. The number of methoxy groups -OCH3 is 1. The van der Waals surface area contributed by atoms with Gasteiger partial charge in [-0.2, -0.15) is 5.10 Å². The number of halogens is 2. The maximum absolute atomic E-state index is 12.0. The van der Waals surface area contributed by atoms with Gasteiger partial charge in [-0.3, -0.25) is 4.79 Å². The van der Waals surface area contributed by atoms with E-state index >= 15 is 0 Å². The van der Waals surface area contributed by atoms with Crippen LogP contribution in [-0.2, 0) is 0 Å². The van der Waals surface area contributed by atoms with Gasteiger partial charge in [-0.1, -0.05) is 23.7 Å². The number of hydrogen-bond acceptors (Lipinski definition) is 4. The molecule has 2 N–H and O–H groups in total. The highest BCUT2D eigenvalue weighted by Crippen LogP contribution is 2.32. The number of hydrazone groups is 1. The molecule has 0 aliphatic carbocycles. The average molecular weight is 384 g/mol. The summed E-state index contributed by atoms with van der Waals surface area (Å²) in [5.41, 5.74) is 3.16. The van der Waals surface area contributed by atoms with E-state index in [0.29, 0.717) is 20.6 Å². The number of carbonyl (C=O) groups is 1. The molecular formula is C15H12BrClN2O3. The van der Waals surface area contributed by atoms with Crippen LogP contribution < -0.4 is 10.2 Å². The van der Waals surface area contributed by atoms with Gasteiger partial charge in [0.15, 0.2) is 11.5 Å². The SMILES string of the molecule is COc1cc(Cl)cc(/C=N/NC(=O)c2ccccc2Br)c1O. The molecule has 0 spiro atoms. The molecule has 0 saturated heterocycles. The molecule has 0 bridgehead atoms. The quantitative estimate of drug-likeness (QED) is 0.626. The standard InChI is InChI=1S/C15H12BrClN2O3/c1-22-13-7-10(17)6-9(14(13)20)8-18-19-15(21)11-4-2-3-5-12(11)16/h2-8,20H,1H3,(H,19,21)/b18-8+. The zero-order valence-corrected chi connectivity index (χ0v) is 13.9. The van der Waals surface area contributed by atoms with Crippen molar-refractivity contribution in [1.29, 1.82) is 0 Å². The van der Waals surface area contributed by atoms with Gasteiger partial charge in [0, 0.05) is 21.1 Å². The van der Waals surface area contributed by atoms with Crippen molar-refractivity contribution in [2.75, 3.05) is 7.11 Å². The molecule has 114 valence electrons. The molecule has 2 aromatic rings.